The quantitative estimate of drug-likeness (QED) is 0.0261. The van der Waals surface area contributed by atoms with E-state index in [4.69, 9.17) is 14.2 Å². The van der Waals surface area contributed by atoms with Gasteiger partial charge in [0.15, 0.2) is 6.10 Å². The molecule has 1 unspecified atom stereocenters. The largest absolute Gasteiger partial charge is 0.462 e. The van der Waals surface area contributed by atoms with Crippen LogP contribution in [-0.4, -0.2) is 37.2 Å². The van der Waals surface area contributed by atoms with E-state index in [1.807, 2.05) is 0 Å². The predicted octanol–water partition coefficient (Wildman–Crippen LogP) is 23.2. The van der Waals surface area contributed by atoms with Crippen molar-refractivity contribution >= 4 is 17.9 Å². The summed E-state index contributed by atoms with van der Waals surface area (Å²) in [5, 5.41) is 0. The average molecular weight is 1100 g/mol. The molecule has 0 aromatic rings. The summed E-state index contributed by atoms with van der Waals surface area (Å²) in [6.45, 7) is 6.52. The maximum atomic E-state index is 12.9. The maximum absolute atomic E-state index is 12.9. The van der Waals surface area contributed by atoms with Crippen LogP contribution in [0.4, 0.5) is 0 Å². The third-order valence-corrected chi connectivity index (χ3v) is 14.5. The van der Waals surface area contributed by atoms with Crippen LogP contribution in [-0.2, 0) is 28.6 Å². The van der Waals surface area contributed by atoms with E-state index in [1.165, 1.54) is 180 Å². The van der Waals surface area contributed by atoms with Crippen molar-refractivity contribution in [3.63, 3.8) is 0 Å². The van der Waals surface area contributed by atoms with E-state index in [0.29, 0.717) is 19.3 Å². The van der Waals surface area contributed by atoms with Gasteiger partial charge in [0.05, 0.1) is 0 Å². The lowest BCUT2D eigenvalue weighted by Crippen LogP contribution is -2.30. The fourth-order valence-electron chi connectivity index (χ4n) is 9.50. The zero-order valence-electron chi connectivity index (χ0n) is 52.1. The monoisotopic (exact) mass is 1100 g/mol. The van der Waals surface area contributed by atoms with Crippen LogP contribution in [0.2, 0.25) is 0 Å². The Morgan fingerprint density at radius 2 is 0.494 bits per heavy atom. The standard InChI is InChI=1S/C73H126O6/c1-4-7-10-13-16-19-22-25-28-30-32-33-34-35-36-37-38-39-40-41-42-44-45-48-51-54-57-60-63-66-72(75)78-69-70(68-77-71(74)65-62-59-56-53-50-47-27-24-21-18-15-12-9-6-3)79-73(76)67-64-61-58-55-52-49-46-43-31-29-26-23-20-17-14-11-8-5-2/h7,10,16,19-20,23-25,27-29,31-33,35-36,70H,4-6,8-9,11-15,17-18,21-22,26,30,34,37-69H2,1-3H3/b10-7-,19-16-,23-20-,27-24-,28-25-,31-29-,33-32-,36-35-. The Hall–Kier alpha value is -3.67. The summed E-state index contributed by atoms with van der Waals surface area (Å²) in [6.07, 6.45) is 89.9. The van der Waals surface area contributed by atoms with Crippen molar-refractivity contribution in [1.29, 1.82) is 0 Å². The van der Waals surface area contributed by atoms with Crippen molar-refractivity contribution in [1.82, 2.24) is 0 Å². The lowest BCUT2D eigenvalue weighted by Gasteiger charge is -2.18. The van der Waals surface area contributed by atoms with E-state index in [9.17, 15) is 14.4 Å². The van der Waals surface area contributed by atoms with Crippen LogP contribution in [0.3, 0.4) is 0 Å². The Labute approximate surface area is 489 Å². The predicted molar refractivity (Wildman–Crippen MR) is 344 cm³/mol. The second-order valence-corrected chi connectivity index (χ2v) is 22.3. The number of esters is 3. The molecular formula is C73H126O6. The zero-order valence-corrected chi connectivity index (χ0v) is 52.1. The van der Waals surface area contributed by atoms with Crippen molar-refractivity contribution in [2.45, 2.75) is 335 Å². The van der Waals surface area contributed by atoms with Crippen LogP contribution in [0, 0.1) is 0 Å². The van der Waals surface area contributed by atoms with E-state index < -0.39 is 6.10 Å². The van der Waals surface area contributed by atoms with Crippen molar-refractivity contribution in [3.8, 4) is 0 Å². The molecule has 0 rings (SSSR count). The van der Waals surface area contributed by atoms with Gasteiger partial charge in [-0.15, -0.1) is 0 Å². The lowest BCUT2D eigenvalue weighted by atomic mass is 10.0. The molecule has 0 N–H and O–H groups in total. The summed E-state index contributed by atoms with van der Waals surface area (Å²) in [7, 11) is 0. The zero-order chi connectivity index (χ0) is 57.1. The Kier molecular flexibility index (Phi) is 63.7. The number of hydrogen-bond acceptors (Lipinski definition) is 6. The van der Waals surface area contributed by atoms with Crippen LogP contribution in [0.15, 0.2) is 97.2 Å². The molecule has 0 amide bonds. The summed E-state index contributed by atoms with van der Waals surface area (Å²) in [4.78, 5) is 38.4. The highest BCUT2D eigenvalue weighted by molar-refractivity contribution is 5.71. The molecule has 0 fully saturated rings. The van der Waals surface area contributed by atoms with Gasteiger partial charge in [0, 0.05) is 19.3 Å². The van der Waals surface area contributed by atoms with E-state index >= 15 is 0 Å². The minimum atomic E-state index is -0.786. The molecule has 0 radical (unpaired) electrons. The second kappa shape index (κ2) is 66.8. The highest BCUT2D eigenvalue weighted by Crippen LogP contribution is 2.16. The first kappa shape index (κ1) is 75.3. The Morgan fingerprint density at radius 3 is 0.797 bits per heavy atom. The molecule has 0 saturated heterocycles. The number of allylic oxidation sites excluding steroid dienone is 16. The fourth-order valence-corrected chi connectivity index (χ4v) is 9.50. The van der Waals surface area contributed by atoms with Gasteiger partial charge in [-0.1, -0.05) is 285 Å². The summed E-state index contributed by atoms with van der Waals surface area (Å²) in [6, 6.07) is 0. The first-order valence-corrected chi connectivity index (χ1v) is 33.7. The number of carbonyl (C=O) groups is 3. The third-order valence-electron chi connectivity index (χ3n) is 14.5. The number of rotatable bonds is 61. The average Bonchev–Trinajstić information content (AvgIpc) is 3.45. The van der Waals surface area contributed by atoms with Gasteiger partial charge in [0.2, 0.25) is 0 Å². The molecule has 0 saturated carbocycles. The SMILES string of the molecule is CC/C=C\C/C=C\C/C=C\C/C=C\C/C=C\CCCCCCCCCCCCCCCC(=O)OCC(COC(=O)CCCCCCC/C=C\CCCCCCC)OC(=O)CCCCCCCCC/C=C\C/C=C\CCCCCC. The van der Waals surface area contributed by atoms with Crippen LogP contribution in [0.5, 0.6) is 0 Å². The number of hydrogen-bond donors (Lipinski definition) is 0. The van der Waals surface area contributed by atoms with Crippen LogP contribution < -0.4 is 0 Å². The van der Waals surface area contributed by atoms with Crippen molar-refractivity contribution in [2.24, 2.45) is 0 Å². The van der Waals surface area contributed by atoms with E-state index in [2.05, 4.69) is 118 Å². The fraction of sp³-hybridized carbons (Fsp3) is 0.740. The van der Waals surface area contributed by atoms with Crippen molar-refractivity contribution in [2.75, 3.05) is 13.2 Å². The third kappa shape index (κ3) is 65.0. The molecule has 0 spiro atoms. The maximum Gasteiger partial charge on any atom is 0.306 e. The van der Waals surface area contributed by atoms with E-state index in [-0.39, 0.29) is 31.1 Å². The molecule has 0 aromatic heterocycles. The van der Waals surface area contributed by atoms with Gasteiger partial charge >= 0.3 is 17.9 Å². The molecule has 454 valence electrons. The van der Waals surface area contributed by atoms with E-state index in [1.54, 1.807) is 0 Å². The lowest BCUT2D eigenvalue weighted by molar-refractivity contribution is -0.167. The smallest absolute Gasteiger partial charge is 0.306 e. The number of carbonyl (C=O) groups excluding carboxylic acids is 3. The van der Waals surface area contributed by atoms with Crippen LogP contribution in [0.25, 0.3) is 0 Å². The highest BCUT2D eigenvalue weighted by atomic mass is 16.6. The molecule has 79 heavy (non-hydrogen) atoms. The summed E-state index contributed by atoms with van der Waals surface area (Å²) < 4.78 is 16.9. The number of ether oxygens (including phenoxy) is 3. The van der Waals surface area contributed by atoms with Gasteiger partial charge in [0.25, 0.3) is 0 Å². The molecule has 6 nitrogen and oxygen atoms in total. The van der Waals surface area contributed by atoms with Gasteiger partial charge < -0.3 is 14.2 Å². The van der Waals surface area contributed by atoms with Crippen LogP contribution in [0.1, 0.15) is 329 Å². The Balaban J connectivity index is 4.28. The molecule has 1 atom stereocenters. The molecule has 0 aliphatic carbocycles. The topological polar surface area (TPSA) is 78.9 Å². The second-order valence-electron chi connectivity index (χ2n) is 22.3. The van der Waals surface area contributed by atoms with Gasteiger partial charge in [-0.05, 0) is 122 Å². The highest BCUT2D eigenvalue weighted by Gasteiger charge is 2.19. The van der Waals surface area contributed by atoms with Crippen molar-refractivity contribution < 1.29 is 28.6 Å². The van der Waals surface area contributed by atoms with Gasteiger partial charge in [-0.3, -0.25) is 14.4 Å². The molecule has 0 aromatic carbocycles. The summed E-state index contributed by atoms with van der Waals surface area (Å²) in [5.41, 5.74) is 0. The summed E-state index contributed by atoms with van der Waals surface area (Å²) >= 11 is 0. The minimum absolute atomic E-state index is 0.0821. The van der Waals surface area contributed by atoms with Gasteiger partial charge in [-0.25, -0.2) is 0 Å². The first-order chi connectivity index (χ1) is 39.0. The van der Waals surface area contributed by atoms with E-state index in [0.717, 1.165) is 109 Å². The van der Waals surface area contributed by atoms with Gasteiger partial charge in [-0.2, -0.15) is 0 Å². The summed E-state index contributed by atoms with van der Waals surface area (Å²) in [5.74, 6) is -0.887. The molecule has 0 bridgehead atoms. The Bertz CT molecular complexity index is 1540. The molecular weight excluding hydrogens is 973 g/mol. The normalized spacial score (nSPS) is 12.7. The molecule has 6 heteroatoms. The van der Waals surface area contributed by atoms with Crippen LogP contribution >= 0.6 is 0 Å². The molecule has 0 aliphatic heterocycles. The number of unbranched alkanes of at least 4 members (excludes halogenated alkanes) is 34. The van der Waals surface area contributed by atoms with Gasteiger partial charge in [0.1, 0.15) is 13.2 Å². The molecule has 0 heterocycles. The first-order valence-electron chi connectivity index (χ1n) is 33.7. The molecule has 0 aliphatic rings. The van der Waals surface area contributed by atoms with Crippen molar-refractivity contribution in [3.05, 3.63) is 97.2 Å². The minimum Gasteiger partial charge on any atom is -0.462 e. The Morgan fingerprint density at radius 1 is 0.266 bits per heavy atom.